The largest absolute Gasteiger partial charge is 0.322 e. The number of fused-ring (bicyclic) bond motifs is 1. The third-order valence-electron chi connectivity index (χ3n) is 8.16. The van der Waals surface area contributed by atoms with E-state index in [2.05, 4.69) is 16.7 Å². The van der Waals surface area contributed by atoms with E-state index in [-0.39, 0.29) is 37.1 Å². The monoisotopic (exact) mass is 473 g/mol. The van der Waals surface area contributed by atoms with Crippen LogP contribution in [-0.2, 0) is 22.6 Å². The molecular weight excluding hydrogens is 440 g/mol. The van der Waals surface area contributed by atoms with Crippen molar-refractivity contribution >= 4 is 17.7 Å². The van der Waals surface area contributed by atoms with Gasteiger partial charge in [-0.25, -0.2) is 8.78 Å². The summed E-state index contributed by atoms with van der Waals surface area (Å²) >= 11 is 0. The van der Waals surface area contributed by atoms with E-state index in [4.69, 9.17) is 0 Å². The Bertz CT molecular complexity index is 972. The van der Waals surface area contributed by atoms with Crippen molar-refractivity contribution in [2.24, 2.45) is 5.92 Å². The third kappa shape index (κ3) is 4.88. The summed E-state index contributed by atoms with van der Waals surface area (Å²) in [6.45, 7) is 0.386. The van der Waals surface area contributed by atoms with Gasteiger partial charge in [-0.05, 0) is 61.6 Å². The number of alkyl halides is 2. The number of halogens is 2. The number of hydrogen-bond acceptors (Lipinski definition) is 4. The number of hydrogen-bond donors (Lipinski definition) is 2. The van der Waals surface area contributed by atoms with Gasteiger partial charge in [-0.1, -0.05) is 25.0 Å². The molecule has 184 valence electrons. The Morgan fingerprint density at radius 2 is 1.79 bits per heavy atom. The quantitative estimate of drug-likeness (QED) is 0.639. The van der Waals surface area contributed by atoms with Crippen LogP contribution in [0.2, 0.25) is 0 Å². The van der Waals surface area contributed by atoms with Crippen molar-refractivity contribution in [3.05, 3.63) is 34.9 Å². The fourth-order valence-electron chi connectivity index (χ4n) is 6.24. The van der Waals surface area contributed by atoms with E-state index in [0.717, 1.165) is 31.2 Å². The van der Waals surface area contributed by atoms with Crippen molar-refractivity contribution < 1.29 is 23.2 Å². The summed E-state index contributed by atoms with van der Waals surface area (Å²) in [7, 11) is 0. The molecule has 8 heteroatoms. The first-order chi connectivity index (χ1) is 16.3. The Morgan fingerprint density at radius 3 is 2.56 bits per heavy atom. The van der Waals surface area contributed by atoms with E-state index in [1.807, 2.05) is 12.1 Å². The van der Waals surface area contributed by atoms with Crippen LogP contribution in [0.1, 0.15) is 85.7 Å². The van der Waals surface area contributed by atoms with Gasteiger partial charge in [0.1, 0.15) is 6.04 Å². The fourth-order valence-corrected chi connectivity index (χ4v) is 6.24. The first kappa shape index (κ1) is 23.4. The average molecular weight is 474 g/mol. The number of nitrogens with one attached hydrogen (secondary N) is 2. The van der Waals surface area contributed by atoms with Crippen LogP contribution in [0.5, 0.6) is 0 Å². The zero-order valence-corrected chi connectivity index (χ0v) is 19.5. The summed E-state index contributed by atoms with van der Waals surface area (Å²) in [4.78, 5) is 38.3. The minimum absolute atomic E-state index is 0.0232. The topological polar surface area (TPSA) is 78.5 Å². The third-order valence-corrected chi connectivity index (χ3v) is 8.16. The van der Waals surface area contributed by atoms with E-state index >= 15 is 0 Å². The van der Waals surface area contributed by atoms with E-state index < -0.39 is 17.9 Å². The fraction of sp³-hybridized carbons (Fsp3) is 0.654. The molecule has 3 amide bonds. The molecule has 2 N–H and O–H groups in total. The van der Waals surface area contributed by atoms with Crippen LogP contribution in [0.4, 0.5) is 8.78 Å². The molecule has 1 aromatic carbocycles. The molecule has 2 saturated carbocycles. The van der Waals surface area contributed by atoms with Crippen molar-refractivity contribution in [3.63, 3.8) is 0 Å². The first-order valence-electron chi connectivity index (χ1n) is 12.7. The van der Waals surface area contributed by atoms with Gasteiger partial charge in [0.05, 0.1) is 0 Å². The Kier molecular flexibility index (Phi) is 6.44. The van der Waals surface area contributed by atoms with Crippen LogP contribution in [0.15, 0.2) is 18.2 Å². The van der Waals surface area contributed by atoms with Crippen LogP contribution < -0.4 is 10.6 Å². The summed E-state index contributed by atoms with van der Waals surface area (Å²) in [6.07, 6.45) is 7.05. The number of rotatable bonds is 5. The van der Waals surface area contributed by atoms with E-state index in [1.165, 1.54) is 12.0 Å². The number of benzene rings is 1. The maximum absolute atomic E-state index is 13.5. The van der Waals surface area contributed by atoms with E-state index in [0.29, 0.717) is 43.3 Å². The standard InChI is InChI=1S/C26H33F2N3O3/c27-26(28)11-9-19(10-12-26)29-21-4-2-1-3-17(21)13-16-5-6-20-18(14-16)15-31(25(20)34)22-7-8-23(32)30-24(22)33/h5-6,14,17,19,21-22,29H,1-4,7-13,15H2,(H,30,32,33)/t17-,21+,22?/m1/s1. The molecule has 5 rings (SSSR count). The van der Waals surface area contributed by atoms with Crippen LogP contribution >= 0.6 is 0 Å². The van der Waals surface area contributed by atoms with Gasteiger partial charge in [0.2, 0.25) is 17.7 Å². The number of nitrogens with zero attached hydrogens (tertiary/aromatic N) is 1. The molecule has 3 fully saturated rings. The Hall–Kier alpha value is -2.35. The molecule has 1 aromatic rings. The van der Waals surface area contributed by atoms with Crippen molar-refractivity contribution in [1.82, 2.24) is 15.5 Å². The molecular formula is C26H33F2N3O3. The predicted molar refractivity (Wildman–Crippen MR) is 122 cm³/mol. The van der Waals surface area contributed by atoms with Gasteiger partial charge < -0.3 is 10.2 Å². The number of piperidine rings is 1. The lowest BCUT2D eigenvalue weighted by Crippen LogP contribution is -2.52. The van der Waals surface area contributed by atoms with E-state index in [1.54, 1.807) is 4.90 Å². The second-order valence-electron chi connectivity index (χ2n) is 10.5. The lowest BCUT2D eigenvalue weighted by atomic mass is 9.79. The number of amides is 3. The highest BCUT2D eigenvalue weighted by molar-refractivity contribution is 6.05. The average Bonchev–Trinajstić information content (AvgIpc) is 3.12. The molecule has 6 nitrogen and oxygen atoms in total. The van der Waals surface area contributed by atoms with E-state index in [9.17, 15) is 23.2 Å². The number of carbonyl (C=O) groups excluding carboxylic acids is 3. The molecule has 0 radical (unpaired) electrons. The predicted octanol–water partition coefficient (Wildman–Crippen LogP) is 3.72. The highest BCUT2D eigenvalue weighted by Gasteiger charge is 2.40. The molecule has 3 atom stereocenters. The molecule has 2 aliphatic carbocycles. The van der Waals surface area contributed by atoms with Crippen molar-refractivity contribution in [2.45, 2.75) is 101 Å². The van der Waals surface area contributed by atoms with Gasteiger partial charge in [0.15, 0.2) is 0 Å². The molecule has 0 spiro atoms. The van der Waals surface area contributed by atoms with Gasteiger partial charge >= 0.3 is 0 Å². The van der Waals surface area contributed by atoms with Gasteiger partial charge in [-0.15, -0.1) is 0 Å². The van der Waals surface area contributed by atoms with Gasteiger partial charge in [-0.2, -0.15) is 0 Å². The lowest BCUT2D eigenvalue weighted by molar-refractivity contribution is -0.136. The Balaban J connectivity index is 1.24. The molecule has 2 aliphatic heterocycles. The summed E-state index contributed by atoms with van der Waals surface area (Å²) < 4.78 is 27.1. The van der Waals surface area contributed by atoms with Crippen molar-refractivity contribution in [3.8, 4) is 0 Å². The number of imide groups is 1. The summed E-state index contributed by atoms with van der Waals surface area (Å²) in [5.41, 5.74) is 2.74. The first-order valence-corrected chi connectivity index (χ1v) is 12.7. The molecule has 34 heavy (non-hydrogen) atoms. The van der Waals surface area contributed by atoms with Crippen molar-refractivity contribution in [2.75, 3.05) is 0 Å². The van der Waals surface area contributed by atoms with Crippen LogP contribution in [0.25, 0.3) is 0 Å². The molecule has 2 heterocycles. The van der Waals surface area contributed by atoms with Gasteiger partial charge in [-0.3, -0.25) is 19.7 Å². The second kappa shape index (κ2) is 9.36. The number of carbonyl (C=O) groups is 3. The van der Waals surface area contributed by atoms with Gasteiger partial charge in [0.25, 0.3) is 5.91 Å². The van der Waals surface area contributed by atoms with Crippen LogP contribution in [0.3, 0.4) is 0 Å². The molecule has 0 aromatic heterocycles. The minimum Gasteiger partial charge on any atom is -0.322 e. The summed E-state index contributed by atoms with van der Waals surface area (Å²) in [5, 5.41) is 6.06. The summed E-state index contributed by atoms with van der Waals surface area (Å²) in [5.74, 6) is -2.90. The molecule has 1 unspecified atom stereocenters. The highest BCUT2D eigenvalue weighted by atomic mass is 19.3. The van der Waals surface area contributed by atoms with Gasteiger partial charge in [0, 0.05) is 43.5 Å². The second-order valence-corrected chi connectivity index (χ2v) is 10.5. The van der Waals surface area contributed by atoms with Crippen molar-refractivity contribution in [1.29, 1.82) is 0 Å². The SMILES string of the molecule is O=C1CCC(N2Cc3cc(C[C@H]4CCCC[C@@H]4NC4CCC(F)(F)CC4)ccc3C2=O)C(=O)N1. The molecule has 0 bridgehead atoms. The molecule has 1 saturated heterocycles. The smallest absolute Gasteiger partial charge is 0.255 e. The van der Waals surface area contributed by atoms with Crippen LogP contribution in [-0.4, -0.2) is 46.7 Å². The van der Waals surface area contributed by atoms with Crippen LogP contribution in [0, 0.1) is 5.92 Å². The maximum atomic E-state index is 13.5. The maximum Gasteiger partial charge on any atom is 0.255 e. The summed E-state index contributed by atoms with van der Waals surface area (Å²) in [6, 6.07) is 5.87. The Labute approximate surface area is 198 Å². The Morgan fingerprint density at radius 1 is 1.03 bits per heavy atom. The zero-order valence-electron chi connectivity index (χ0n) is 19.5. The minimum atomic E-state index is -2.51. The lowest BCUT2D eigenvalue weighted by Gasteiger charge is -2.38. The molecule has 4 aliphatic rings. The highest BCUT2D eigenvalue weighted by Crippen LogP contribution is 2.36. The zero-order chi connectivity index (χ0) is 23.9. The normalized spacial score (nSPS) is 29.8.